The van der Waals surface area contributed by atoms with Gasteiger partial charge in [-0.15, -0.1) is 0 Å². The molecule has 45 heavy (non-hydrogen) atoms. The Morgan fingerprint density at radius 1 is 1.00 bits per heavy atom. The quantitative estimate of drug-likeness (QED) is 0.147. The summed E-state index contributed by atoms with van der Waals surface area (Å²) >= 11 is 0. The lowest BCUT2D eigenvalue weighted by molar-refractivity contribution is -0.175. The molecule has 10 heteroatoms. The number of hydrogen-bond acceptors (Lipinski definition) is 8. The molecule has 0 spiro atoms. The lowest BCUT2D eigenvalue weighted by Gasteiger charge is -2.62. The van der Waals surface area contributed by atoms with E-state index in [-0.39, 0.29) is 58.5 Å². The third-order valence-corrected chi connectivity index (χ3v) is 12.4. The molecule has 0 unspecified atom stereocenters. The summed E-state index contributed by atoms with van der Waals surface area (Å²) in [7, 11) is 0. The van der Waals surface area contributed by atoms with Crippen LogP contribution in [0.5, 0.6) is 5.75 Å². The predicted octanol–water partition coefficient (Wildman–Crippen LogP) is 4.68. The van der Waals surface area contributed by atoms with Crippen molar-refractivity contribution in [1.82, 2.24) is 0 Å². The number of aliphatic hydroxyl groups excluding tert-OH is 2. The number of para-hydroxylation sites is 1. The largest absolute Gasteiger partial charge is 0.481 e. The molecule has 0 aromatic heterocycles. The average molecular weight is 629 g/mol. The number of Topliss-reactive ketones (excluding diaryl/α,β-unsaturated/α-hetero) is 2. The molecule has 0 radical (unpaired) electrons. The highest BCUT2D eigenvalue weighted by Gasteiger charge is 2.63. The Kier molecular flexibility index (Phi) is 10.8. The van der Waals surface area contributed by atoms with Gasteiger partial charge in [-0.3, -0.25) is 19.2 Å². The molecule has 4 saturated carbocycles. The van der Waals surface area contributed by atoms with Crippen LogP contribution in [0, 0.1) is 46.3 Å². The first-order chi connectivity index (χ1) is 21.1. The average Bonchev–Trinajstić information content (AvgIpc) is 3.35. The van der Waals surface area contributed by atoms with Crippen LogP contribution >= 0.6 is 0 Å². The van der Waals surface area contributed by atoms with Crippen LogP contribution < -0.4 is 16.5 Å². The normalized spacial score (nSPS) is 35.8. The minimum atomic E-state index is -0.761. The molecule has 0 aliphatic heterocycles. The van der Waals surface area contributed by atoms with E-state index in [2.05, 4.69) is 25.6 Å². The Labute approximate surface area is 266 Å². The van der Waals surface area contributed by atoms with Crippen LogP contribution in [0.4, 0.5) is 0 Å². The number of nitrogens with two attached hydrogens (primary N) is 2. The second-order valence-corrected chi connectivity index (χ2v) is 14.8. The smallest absolute Gasteiger partial charge is 0.303 e. The molecule has 5 rings (SSSR count). The number of ketones is 2. The number of carbonyl (C=O) groups is 4. The molecular formula is C35H52N2O8. The molecule has 4 aliphatic rings. The van der Waals surface area contributed by atoms with Gasteiger partial charge in [0.05, 0.1) is 29.8 Å². The SMILES string of the molecule is CC(=O)CC(=O)c1cccc(C(N)=O)c1ON.C[C@H](CCC(=O)O)[C@H]1CC[C@H]2[C@@H]3CC[C@@H]4C[C@H](O)CC[C@]4(C)[C@H]3C[C@H](O)[C@]12C. The minimum absolute atomic E-state index is 0.00176. The molecule has 4 fully saturated rings. The fourth-order valence-corrected chi connectivity index (χ4v) is 10.1. The molecule has 4 aliphatic carbocycles. The van der Waals surface area contributed by atoms with Crippen LogP contribution in [-0.4, -0.2) is 51.0 Å². The molecule has 7 N–H and O–H groups in total. The third kappa shape index (κ3) is 6.83. The van der Waals surface area contributed by atoms with Crippen molar-refractivity contribution in [3.63, 3.8) is 0 Å². The van der Waals surface area contributed by atoms with E-state index in [9.17, 15) is 29.4 Å². The van der Waals surface area contributed by atoms with Gasteiger partial charge in [0.1, 0.15) is 5.78 Å². The Balaban J connectivity index is 0.000000233. The van der Waals surface area contributed by atoms with Crippen LogP contribution in [0.2, 0.25) is 0 Å². The third-order valence-electron chi connectivity index (χ3n) is 12.4. The van der Waals surface area contributed by atoms with Gasteiger partial charge in [-0.1, -0.05) is 26.8 Å². The molecule has 0 bridgehead atoms. The van der Waals surface area contributed by atoms with Gasteiger partial charge >= 0.3 is 5.97 Å². The van der Waals surface area contributed by atoms with E-state index in [4.69, 9.17) is 16.7 Å². The first kappa shape index (κ1) is 35.0. The molecule has 10 nitrogen and oxygen atoms in total. The van der Waals surface area contributed by atoms with Gasteiger partial charge in [0.25, 0.3) is 5.91 Å². The van der Waals surface area contributed by atoms with Crippen molar-refractivity contribution in [2.75, 3.05) is 0 Å². The fraction of sp³-hybridized carbons (Fsp3) is 0.714. The van der Waals surface area contributed by atoms with Crippen molar-refractivity contribution in [2.45, 2.75) is 111 Å². The van der Waals surface area contributed by atoms with Crippen molar-refractivity contribution in [1.29, 1.82) is 0 Å². The number of benzene rings is 1. The number of rotatable bonds is 9. The van der Waals surface area contributed by atoms with Crippen molar-refractivity contribution in [3.05, 3.63) is 29.3 Å². The number of primary amides is 1. The monoisotopic (exact) mass is 628 g/mol. The number of aliphatic hydroxyl groups is 2. The number of carbonyl (C=O) groups excluding carboxylic acids is 3. The highest BCUT2D eigenvalue weighted by atomic mass is 16.6. The predicted molar refractivity (Wildman–Crippen MR) is 168 cm³/mol. The molecule has 10 atom stereocenters. The van der Waals surface area contributed by atoms with Gasteiger partial charge in [0.15, 0.2) is 11.5 Å². The molecule has 1 aromatic rings. The number of hydrogen-bond donors (Lipinski definition) is 5. The Bertz CT molecular complexity index is 1280. The number of carboxylic acids is 1. The number of aliphatic carboxylic acids is 1. The molecule has 1 aromatic carbocycles. The van der Waals surface area contributed by atoms with Crippen LogP contribution in [0.1, 0.15) is 119 Å². The van der Waals surface area contributed by atoms with Crippen LogP contribution in [0.3, 0.4) is 0 Å². The number of carboxylic acid groups (broad SMARTS) is 1. The molecular weight excluding hydrogens is 576 g/mol. The van der Waals surface area contributed by atoms with Crippen LogP contribution in [0.15, 0.2) is 18.2 Å². The zero-order valence-electron chi connectivity index (χ0n) is 27.2. The second-order valence-electron chi connectivity index (χ2n) is 14.8. The van der Waals surface area contributed by atoms with Crippen LogP contribution in [0.25, 0.3) is 0 Å². The standard InChI is InChI=1S/C24H40O4.C11H12N2O4/c1-14(4-9-22(27)28)18-7-8-19-17-6-5-15-12-16(25)10-11-23(15,2)20(17)13-21(26)24(18,19)3;1-6(14)5-9(15)7-3-2-4-8(11(12)16)10(7)17-13/h14-21,25-26H,4-13H2,1-3H3,(H,27,28);2-4H,5,13H2,1H3,(H2,12,16)/t14-,15-,16-,17+,18-,19+,20+,21+,23+,24-;/m1./s1. The van der Waals surface area contributed by atoms with E-state index < -0.39 is 17.7 Å². The van der Waals surface area contributed by atoms with Crippen molar-refractivity contribution in [3.8, 4) is 5.75 Å². The zero-order valence-corrected chi connectivity index (χ0v) is 27.2. The van der Waals surface area contributed by atoms with E-state index in [0.29, 0.717) is 35.5 Å². The van der Waals surface area contributed by atoms with E-state index >= 15 is 0 Å². The first-order valence-corrected chi connectivity index (χ1v) is 16.5. The molecule has 0 saturated heterocycles. The van der Waals surface area contributed by atoms with Gasteiger partial charge in [0.2, 0.25) is 0 Å². The lowest BCUT2D eigenvalue weighted by Crippen LogP contribution is -2.58. The van der Waals surface area contributed by atoms with Gasteiger partial charge < -0.3 is 25.9 Å². The molecule has 1 amide bonds. The second kappa shape index (κ2) is 13.9. The van der Waals surface area contributed by atoms with E-state index in [1.165, 1.54) is 44.4 Å². The lowest BCUT2D eigenvalue weighted by atomic mass is 9.43. The summed E-state index contributed by atoms with van der Waals surface area (Å²) in [5.74, 6) is 5.93. The van der Waals surface area contributed by atoms with Crippen molar-refractivity contribution < 1.29 is 39.3 Å². The summed E-state index contributed by atoms with van der Waals surface area (Å²) in [4.78, 5) is 49.2. The zero-order chi connectivity index (χ0) is 33.3. The molecule has 0 heterocycles. The maximum Gasteiger partial charge on any atom is 0.303 e. The van der Waals surface area contributed by atoms with Gasteiger partial charge in [-0.05, 0) is 123 Å². The fourth-order valence-electron chi connectivity index (χ4n) is 10.1. The highest BCUT2D eigenvalue weighted by molar-refractivity contribution is 6.10. The maximum absolute atomic E-state index is 11.7. The summed E-state index contributed by atoms with van der Waals surface area (Å²) < 4.78 is 0. The summed E-state index contributed by atoms with van der Waals surface area (Å²) in [5.41, 5.74) is 5.39. The summed E-state index contributed by atoms with van der Waals surface area (Å²) in [6.07, 6.45) is 8.98. The number of amides is 1. The van der Waals surface area contributed by atoms with E-state index in [1.807, 2.05) is 0 Å². The highest BCUT2D eigenvalue weighted by Crippen LogP contribution is 2.68. The van der Waals surface area contributed by atoms with Crippen LogP contribution in [-0.2, 0) is 9.59 Å². The van der Waals surface area contributed by atoms with Crippen molar-refractivity contribution >= 4 is 23.4 Å². The Hall–Kier alpha value is -2.82. The topological polar surface area (TPSA) is 190 Å². The van der Waals surface area contributed by atoms with Gasteiger partial charge in [0, 0.05) is 6.42 Å². The minimum Gasteiger partial charge on any atom is -0.481 e. The van der Waals surface area contributed by atoms with Crippen molar-refractivity contribution in [2.24, 2.45) is 58.0 Å². The van der Waals surface area contributed by atoms with E-state index in [1.54, 1.807) is 0 Å². The number of fused-ring (bicyclic) bond motifs is 5. The maximum atomic E-state index is 11.7. The van der Waals surface area contributed by atoms with E-state index in [0.717, 1.165) is 38.5 Å². The Morgan fingerprint density at radius 3 is 2.31 bits per heavy atom. The summed E-state index contributed by atoms with van der Waals surface area (Å²) in [5, 5.41) is 30.8. The summed E-state index contributed by atoms with van der Waals surface area (Å²) in [6.45, 7) is 8.28. The summed E-state index contributed by atoms with van der Waals surface area (Å²) in [6, 6.07) is 4.27. The van der Waals surface area contributed by atoms with Gasteiger partial charge in [-0.25, -0.2) is 0 Å². The Morgan fingerprint density at radius 2 is 1.69 bits per heavy atom. The molecule has 250 valence electrons. The first-order valence-electron chi connectivity index (χ1n) is 16.5. The van der Waals surface area contributed by atoms with Gasteiger partial charge in [-0.2, -0.15) is 5.90 Å².